The summed E-state index contributed by atoms with van der Waals surface area (Å²) >= 11 is 6.44. The number of amides is 2. The maximum absolute atomic E-state index is 13.5. The standard InChI is InChI=1S/C22H17ClF2N2O/c23-18-8-4-3-7-17(18)21-16-6-2-1-5-14(16)11-12-27(21)22(28)26-15-9-10-19(24)20(25)13-15/h1-10,13,21H,11-12H2,(H,26,28). The summed E-state index contributed by atoms with van der Waals surface area (Å²) < 4.78 is 26.7. The van der Waals surface area contributed by atoms with E-state index in [1.165, 1.54) is 6.07 Å². The molecular weight excluding hydrogens is 382 g/mol. The molecule has 0 radical (unpaired) electrons. The van der Waals surface area contributed by atoms with Crippen LogP contribution in [0, 0.1) is 11.6 Å². The number of rotatable bonds is 2. The minimum atomic E-state index is -1.01. The molecule has 6 heteroatoms. The number of halogens is 3. The smallest absolute Gasteiger partial charge is 0.313 e. The van der Waals surface area contributed by atoms with E-state index in [9.17, 15) is 13.6 Å². The largest absolute Gasteiger partial charge is 0.322 e. The zero-order valence-electron chi connectivity index (χ0n) is 14.8. The number of carbonyl (C=O) groups is 1. The summed E-state index contributed by atoms with van der Waals surface area (Å²) in [5, 5.41) is 3.23. The Morgan fingerprint density at radius 2 is 1.68 bits per heavy atom. The van der Waals surface area contributed by atoms with Crippen molar-refractivity contribution in [2.24, 2.45) is 0 Å². The van der Waals surface area contributed by atoms with E-state index in [0.717, 1.165) is 28.8 Å². The molecule has 1 aliphatic rings. The molecule has 0 saturated carbocycles. The number of benzene rings is 3. The first-order valence-electron chi connectivity index (χ1n) is 8.89. The van der Waals surface area contributed by atoms with Crippen molar-refractivity contribution in [1.82, 2.24) is 4.90 Å². The number of hydrogen-bond acceptors (Lipinski definition) is 1. The van der Waals surface area contributed by atoms with Crippen molar-refractivity contribution in [1.29, 1.82) is 0 Å². The lowest BCUT2D eigenvalue weighted by atomic mass is 9.88. The summed E-state index contributed by atoms with van der Waals surface area (Å²) in [4.78, 5) is 14.7. The fourth-order valence-electron chi connectivity index (χ4n) is 3.59. The summed E-state index contributed by atoms with van der Waals surface area (Å²) in [7, 11) is 0. The number of fused-ring (bicyclic) bond motifs is 1. The number of nitrogens with one attached hydrogen (secondary N) is 1. The van der Waals surface area contributed by atoms with Gasteiger partial charge in [-0.05, 0) is 41.3 Å². The van der Waals surface area contributed by atoms with Gasteiger partial charge in [0.1, 0.15) is 0 Å². The van der Waals surface area contributed by atoms with E-state index in [1.54, 1.807) is 11.0 Å². The predicted octanol–water partition coefficient (Wildman–Crippen LogP) is 5.80. The third kappa shape index (κ3) is 3.45. The van der Waals surface area contributed by atoms with E-state index in [4.69, 9.17) is 11.6 Å². The average molecular weight is 399 g/mol. The maximum Gasteiger partial charge on any atom is 0.322 e. The van der Waals surface area contributed by atoms with Crippen LogP contribution in [0.25, 0.3) is 0 Å². The van der Waals surface area contributed by atoms with E-state index >= 15 is 0 Å². The second kappa shape index (κ2) is 7.60. The Bertz CT molecular complexity index is 1040. The lowest BCUT2D eigenvalue weighted by Gasteiger charge is -2.38. The van der Waals surface area contributed by atoms with Crippen molar-refractivity contribution in [3.8, 4) is 0 Å². The van der Waals surface area contributed by atoms with Gasteiger partial charge in [0.2, 0.25) is 0 Å². The quantitative estimate of drug-likeness (QED) is 0.581. The highest BCUT2D eigenvalue weighted by molar-refractivity contribution is 6.31. The Morgan fingerprint density at radius 3 is 2.43 bits per heavy atom. The van der Waals surface area contributed by atoms with Crippen LogP contribution in [-0.4, -0.2) is 17.5 Å². The van der Waals surface area contributed by atoms with E-state index in [-0.39, 0.29) is 11.7 Å². The van der Waals surface area contributed by atoms with Gasteiger partial charge in [-0.3, -0.25) is 0 Å². The van der Waals surface area contributed by atoms with Crippen molar-refractivity contribution in [3.05, 3.63) is 100 Å². The second-order valence-electron chi connectivity index (χ2n) is 6.63. The summed E-state index contributed by atoms with van der Waals surface area (Å²) in [5.74, 6) is -1.97. The van der Waals surface area contributed by atoms with Gasteiger partial charge in [-0.2, -0.15) is 0 Å². The number of nitrogens with zero attached hydrogens (tertiary/aromatic N) is 1. The van der Waals surface area contributed by atoms with Crippen molar-refractivity contribution in [2.45, 2.75) is 12.5 Å². The minimum Gasteiger partial charge on any atom is -0.313 e. The number of urea groups is 1. The molecule has 3 nitrogen and oxygen atoms in total. The molecule has 0 fully saturated rings. The van der Waals surface area contributed by atoms with Crippen LogP contribution in [0.15, 0.2) is 66.7 Å². The number of anilines is 1. The van der Waals surface area contributed by atoms with Crippen LogP contribution in [0.5, 0.6) is 0 Å². The highest BCUT2D eigenvalue weighted by Gasteiger charge is 2.33. The molecule has 1 unspecified atom stereocenters. The summed E-state index contributed by atoms with van der Waals surface area (Å²) in [6.45, 7) is 0.475. The fourth-order valence-corrected chi connectivity index (χ4v) is 3.83. The van der Waals surface area contributed by atoms with Crippen LogP contribution in [0.3, 0.4) is 0 Å². The van der Waals surface area contributed by atoms with Gasteiger partial charge in [-0.25, -0.2) is 13.6 Å². The van der Waals surface area contributed by atoms with Crippen LogP contribution in [0.2, 0.25) is 5.02 Å². The van der Waals surface area contributed by atoms with Gasteiger partial charge in [0.15, 0.2) is 11.6 Å². The van der Waals surface area contributed by atoms with Crippen molar-refractivity contribution >= 4 is 23.3 Å². The molecule has 0 bridgehead atoms. The SMILES string of the molecule is O=C(Nc1ccc(F)c(F)c1)N1CCc2ccccc2C1c1ccccc1Cl. The van der Waals surface area contributed by atoms with Gasteiger partial charge in [0.05, 0.1) is 6.04 Å². The third-order valence-electron chi connectivity index (χ3n) is 4.91. The molecule has 3 aromatic rings. The molecule has 4 rings (SSSR count). The lowest BCUT2D eigenvalue weighted by Crippen LogP contribution is -2.43. The molecule has 0 spiro atoms. The van der Waals surface area contributed by atoms with E-state index in [1.807, 2.05) is 42.5 Å². The first-order valence-corrected chi connectivity index (χ1v) is 9.27. The van der Waals surface area contributed by atoms with Gasteiger partial charge in [-0.1, -0.05) is 54.1 Å². The molecule has 28 heavy (non-hydrogen) atoms. The second-order valence-corrected chi connectivity index (χ2v) is 7.03. The predicted molar refractivity (Wildman–Crippen MR) is 106 cm³/mol. The van der Waals surface area contributed by atoms with E-state index in [2.05, 4.69) is 5.32 Å². The summed E-state index contributed by atoms with van der Waals surface area (Å²) in [6.07, 6.45) is 0.697. The van der Waals surface area contributed by atoms with Gasteiger partial charge in [0, 0.05) is 23.3 Å². The van der Waals surface area contributed by atoms with Gasteiger partial charge in [-0.15, -0.1) is 0 Å². The lowest BCUT2D eigenvalue weighted by molar-refractivity contribution is 0.194. The molecule has 1 aliphatic heterocycles. The average Bonchev–Trinajstić information content (AvgIpc) is 2.70. The Labute approximate surface area is 166 Å². The van der Waals surface area contributed by atoms with Gasteiger partial charge >= 0.3 is 6.03 Å². The first kappa shape index (κ1) is 18.4. The fraction of sp³-hybridized carbons (Fsp3) is 0.136. The molecule has 142 valence electrons. The van der Waals surface area contributed by atoms with Crippen LogP contribution in [-0.2, 0) is 6.42 Å². The molecule has 1 N–H and O–H groups in total. The summed E-state index contributed by atoms with van der Waals surface area (Å²) in [5.41, 5.74) is 3.17. The zero-order valence-corrected chi connectivity index (χ0v) is 15.6. The number of carbonyl (C=O) groups excluding carboxylic acids is 1. The van der Waals surface area contributed by atoms with Crippen molar-refractivity contribution < 1.29 is 13.6 Å². The zero-order chi connectivity index (χ0) is 19.7. The third-order valence-corrected chi connectivity index (χ3v) is 5.26. The number of hydrogen-bond donors (Lipinski definition) is 1. The molecule has 2 amide bonds. The van der Waals surface area contributed by atoms with Crippen LogP contribution < -0.4 is 5.32 Å². The monoisotopic (exact) mass is 398 g/mol. The van der Waals surface area contributed by atoms with E-state index in [0.29, 0.717) is 18.0 Å². The topological polar surface area (TPSA) is 32.3 Å². The molecule has 3 aromatic carbocycles. The molecule has 0 saturated heterocycles. The Balaban J connectivity index is 1.71. The van der Waals surface area contributed by atoms with E-state index < -0.39 is 17.7 Å². The van der Waals surface area contributed by atoms with Crippen LogP contribution in [0.4, 0.5) is 19.3 Å². The Morgan fingerprint density at radius 1 is 0.964 bits per heavy atom. The minimum absolute atomic E-state index is 0.195. The van der Waals surface area contributed by atoms with Crippen LogP contribution in [0.1, 0.15) is 22.7 Å². The maximum atomic E-state index is 13.5. The Hall–Kier alpha value is -2.92. The molecule has 1 heterocycles. The highest BCUT2D eigenvalue weighted by Crippen LogP contribution is 2.38. The molecule has 0 aliphatic carbocycles. The van der Waals surface area contributed by atoms with Gasteiger partial charge in [0.25, 0.3) is 0 Å². The molecular formula is C22H17ClF2N2O. The molecule has 0 aromatic heterocycles. The van der Waals surface area contributed by atoms with Crippen molar-refractivity contribution in [3.63, 3.8) is 0 Å². The highest BCUT2D eigenvalue weighted by atomic mass is 35.5. The normalized spacial score (nSPS) is 15.8. The molecule has 1 atom stereocenters. The summed E-state index contributed by atoms with van der Waals surface area (Å²) in [6, 6.07) is 17.9. The van der Waals surface area contributed by atoms with Gasteiger partial charge < -0.3 is 10.2 Å². The van der Waals surface area contributed by atoms with Crippen LogP contribution >= 0.6 is 11.6 Å². The first-order chi connectivity index (χ1) is 13.5. The van der Waals surface area contributed by atoms with Crippen molar-refractivity contribution in [2.75, 3.05) is 11.9 Å². The Kier molecular flexibility index (Phi) is 5.01.